The number of nitrogens with two attached hydrogens (primary N) is 1. The molecule has 1 atom stereocenters. The van der Waals surface area contributed by atoms with Gasteiger partial charge >= 0.3 is 0 Å². The fourth-order valence-electron chi connectivity index (χ4n) is 2.52. The summed E-state index contributed by atoms with van der Waals surface area (Å²) in [6.07, 6.45) is 1.64. The van der Waals surface area contributed by atoms with Crippen LogP contribution >= 0.6 is 0 Å². The van der Waals surface area contributed by atoms with E-state index in [9.17, 15) is 4.79 Å². The standard InChI is InChI=1S/C17H22N2O/c1-3-8-15(18)17(20)19(4-2)16-12-7-10-13-9-5-6-11-14(13)16/h5-7,9-12,15H,3-4,8,18H2,1-2H3/t15-/m0/s1. The quantitative estimate of drug-likeness (QED) is 0.906. The van der Waals surface area contributed by atoms with Crippen molar-refractivity contribution in [1.82, 2.24) is 0 Å². The van der Waals surface area contributed by atoms with Gasteiger partial charge in [0.05, 0.1) is 11.7 Å². The van der Waals surface area contributed by atoms with E-state index in [0.29, 0.717) is 6.54 Å². The molecule has 106 valence electrons. The van der Waals surface area contributed by atoms with E-state index >= 15 is 0 Å². The summed E-state index contributed by atoms with van der Waals surface area (Å²) in [7, 11) is 0. The van der Waals surface area contributed by atoms with Crippen LogP contribution in [0.4, 0.5) is 5.69 Å². The molecule has 2 aromatic carbocycles. The molecule has 0 aliphatic carbocycles. The van der Waals surface area contributed by atoms with Crippen molar-refractivity contribution in [2.24, 2.45) is 5.73 Å². The summed E-state index contributed by atoms with van der Waals surface area (Å²) in [5, 5.41) is 2.23. The molecule has 1 amide bonds. The third kappa shape index (κ3) is 2.83. The Morgan fingerprint density at radius 1 is 1.15 bits per heavy atom. The Morgan fingerprint density at radius 3 is 2.55 bits per heavy atom. The molecule has 2 N–H and O–H groups in total. The average Bonchev–Trinajstić information content (AvgIpc) is 2.48. The molecule has 0 radical (unpaired) electrons. The number of hydrogen-bond acceptors (Lipinski definition) is 2. The third-order valence-corrected chi connectivity index (χ3v) is 3.56. The van der Waals surface area contributed by atoms with Crippen molar-refractivity contribution in [2.75, 3.05) is 11.4 Å². The lowest BCUT2D eigenvalue weighted by molar-refractivity contribution is -0.119. The van der Waals surface area contributed by atoms with E-state index in [-0.39, 0.29) is 5.91 Å². The van der Waals surface area contributed by atoms with E-state index < -0.39 is 6.04 Å². The molecular weight excluding hydrogens is 248 g/mol. The fourth-order valence-corrected chi connectivity index (χ4v) is 2.52. The molecule has 0 aromatic heterocycles. The van der Waals surface area contributed by atoms with Crippen LogP contribution in [0.3, 0.4) is 0 Å². The summed E-state index contributed by atoms with van der Waals surface area (Å²) in [6, 6.07) is 13.7. The normalized spacial score (nSPS) is 12.3. The maximum Gasteiger partial charge on any atom is 0.243 e. The number of rotatable bonds is 5. The van der Waals surface area contributed by atoms with Gasteiger partial charge in [-0.25, -0.2) is 0 Å². The zero-order valence-corrected chi connectivity index (χ0v) is 12.2. The van der Waals surface area contributed by atoms with Gasteiger partial charge in [0.2, 0.25) is 5.91 Å². The SMILES string of the molecule is CCC[C@H](N)C(=O)N(CC)c1cccc2ccccc12. The highest BCUT2D eigenvalue weighted by atomic mass is 16.2. The first kappa shape index (κ1) is 14.5. The van der Waals surface area contributed by atoms with Gasteiger partial charge in [-0.1, -0.05) is 49.7 Å². The molecule has 0 spiro atoms. The topological polar surface area (TPSA) is 46.3 Å². The lowest BCUT2D eigenvalue weighted by Crippen LogP contribution is -2.43. The minimum atomic E-state index is -0.418. The van der Waals surface area contributed by atoms with E-state index in [1.165, 1.54) is 0 Å². The second-order valence-electron chi connectivity index (χ2n) is 4.98. The van der Waals surface area contributed by atoms with Crippen LogP contribution in [0.2, 0.25) is 0 Å². The van der Waals surface area contributed by atoms with Gasteiger partial charge in [0.25, 0.3) is 0 Å². The first-order valence-electron chi connectivity index (χ1n) is 7.23. The van der Waals surface area contributed by atoms with Crippen molar-refractivity contribution in [3.05, 3.63) is 42.5 Å². The fraction of sp³-hybridized carbons (Fsp3) is 0.353. The monoisotopic (exact) mass is 270 g/mol. The predicted octanol–water partition coefficient (Wildman–Crippen LogP) is 3.32. The van der Waals surface area contributed by atoms with Crippen LogP contribution in [-0.2, 0) is 4.79 Å². The van der Waals surface area contributed by atoms with Crippen LogP contribution in [0.5, 0.6) is 0 Å². The molecule has 0 aliphatic heterocycles. The lowest BCUT2D eigenvalue weighted by Gasteiger charge is -2.25. The molecule has 2 aromatic rings. The number of likely N-dealkylation sites (N-methyl/N-ethyl adjacent to an activating group) is 1. The Bertz CT molecular complexity index is 589. The lowest BCUT2D eigenvalue weighted by atomic mass is 10.1. The first-order valence-corrected chi connectivity index (χ1v) is 7.23. The van der Waals surface area contributed by atoms with Gasteiger partial charge in [0, 0.05) is 11.9 Å². The Kier molecular flexibility index (Phi) is 4.74. The highest BCUT2D eigenvalue weighted by molar-refractivity contribution is 6.05. The largest absolute Gasteiger partial charge is 0.320 e. The minimum Gasteiger partial charge on any atom is -0.320 e. The number of hydrogen-bond donors (Lipinski definition) is 1. The highest BCUT2D eigenvalue weighted by Gasteiger charge is 2.21. The van der Waals surface area contributed by atoms with Gasteiger partial charge in [-0.3, -0.25) is 4.79 Å². The minimum absolute atomic E-state index is 0.00528. The van der Waals surface area contributed by atoms with Crippen LogP contribution in [0, 0.1) is 0 Å². The summed E-state index contributed by atoms with van der Waals surface area (Å²) in [4.78, 5) is 14.3. The number of fused-ring (bicyclic) bond motifs is 1. The molecule has 0 saturated carbocycles. The van der Waals surface area contributed by atoms with Gasteiger partial charge in [0.1, 0.15) is 0 Å². The van der Waals surface area contributed by atoms with Crippen LogP contribution in [0.15, 0.2) is 42.5 Å². The number of nitrogens with zero attached hydrogens (tertiary/aromatic N) is 1. The Hall–Kier alpha value is -1.87. The van der Waals surface area contributed by atoms with E-state index in [1.54, 1.807) is 4.90 Å². The summed E-state index contributed by atoms with van der Waals surface area (Å²) in [5.41, 5.74) is 6.94. The zero-order valence-electron chi connectivity index (χ0n) is 12.2. The second kappa shape index (κ2) is 6.53. The average molecular weight is 270 g/mol. The van der Waals surface area contributed by atoms with E-state index in [2.05, 4.69) is 12.1 Å². The molecular formula is C17H22N2O. The molecule has 3 nitrogen and oxygen atoms in total. The summed E-state index contributed by atoms with van der Waals surface area (Å²) in [6.45, 7) is 4.66. The molecule has 0 saturated heterocycles. The van der Waals surface area contributed by atoms with Crippen molar-refractivity contribution in [1.29, 1.82) is 0 Å². The molecule has 0 unspecified atom stereocenters. The molecule has 20 heavy (non-hydrogen) atoms. The molecule has 2 rings (SSSR count). The third-order valence-electron chi connectivity index (χ3n) is 3.56. The van der Waals surface area contributed by atoms with Crippen LogP contribution in [0.1, 0.15) is 26.7 Å². The molecule has 0 aliphatic rings. The van der Waals surface area contributed by atoms with Crippen molar-refractivity contribution >= 4 is 22.4 Å². The molecule has 0 bridgehead atoms. The Labute approximate surface area is 120 Å². The zero-order chi connectivity index (χ0) is 14.5. The smallest absolute Gasteiger partial charge is 0.243 e. The summed E-state index contributed by atoms with van der Waals surface area (Å²) < 4.78 is 0. The number of carbonyl (C=O) groups excluding carboxylic acids is 1. The molecule has 0 fully saturated rings. The Morgan fingerprint density at radius 2 is 1.85 bits per heavy atom. The van der Waals surface area contributed by atoms with E-state index in [4.69, 9.17) is 5.73 Å². The van der Waals surface area contributed by atoms with E-state index in [1.807, 2.05) is 44.2 Å². The summed E-state index contributed by atoms with van der Waals surface area (Å²) >= 11 is 0. The number of carbonyl (C=O) groups is 1. The van der Waals surface area contributed by atoms with Gasteiger partial charge in [-0.15, -0.1) is 0 Å². The maximum absolute atomic E-state index is 12.5. The van der Waals surface area contributed by atoms with Crippen LogP contribution in [-0.4, -0.2) is 18.5 Å². The summed E-state index contributed by atoms with van der Waals surface area (Å²) in [5.74, 6) is 0.00528. The predicted molar refractivity (Wildman–Crippen MR) is 84.9 cm³/mol. The second-order valence-corrected chi connectivity index (χ2v) is 4.98. The molecule has 0 heterocycles. The van der Waals surface area contributed by atoms with Gasteiger partial charge in [0.15, 0.2) is 0 Å². The number of amides is 1. The van der Waals surface area contributed by atoms with Crippen molar-refractivity contribution < 1.29 is 4.79 Å². The van der Waals surface area contributed by atoms with Crippen molar-refractivity contribution in [2.45, 2.75) is 32.7 Å². The van der Waals surface area contributed by atoms with E-state index in [0.717, 1.165) is 29.3 Å². The van der Waals surface area contributed by atoms with Gasteiger partial charge < -0.3 is 10.6 Å². The highest BCUT2D eigenvalue weighted by Crippen LogP contribution is 2.27. The number of benzene rings is 2. The van der Waals surface area contributed by atoms with Crippen molar-refractivity contribution in [3.63, 3.8) is 0 Å². The van der Waals surface area contributed by atoms with Crippen LogP contribution in [0.25, 0.3) is 10.8 Å². The number of anilines is 1. The molecule has 3 heteroatoms. The maximum atomic E-state index is 12.5. The first-order chi connectivity index (χ1) is 9.69. The van der Waals surface area contributed by atoms with Gasteiger partial charge in [-0.2, -0.15) is 0 Å². The van der Waals surface area contributed by atoms with Crippen molar-refractivity contribution in [3.8, 4) is 0 Å². The van der Waals surface area contributed by atoms with Gasteiger partial charge in [-0.05, 0) is 24.8 Å². The van der Waals surface area contributed by atoms with Crippen LogP contribution < -0.4 is 10.6 Å². The Balaban J connectivity index is 2.42.